The van der Waals surface area contributed by atoms with Crippen molar-refractivity contribution < 1.29 is 35.5 Å². The van der Waals surface area contributed by atoms with E-state index in [1.807, 2.05) is 23.1 Å². The number of alkyl halides is 3. The molecule has 0 aliphatic carbocycles. The Morgan fingerprint density at radius 3 is 2.21 bits per heavy atom. The van der Waals surface area contributed by atoms with Gasteiger partial charge in [0.1, 0.15) is 28.8 Å². The van der Waals surface area contributed by atoms with Crippen LogP contribution in [0.1, 0.15) is 48.1 Å². The molecule has 0 saturated carbocycles. The second-order valence-corrected chi connectivity index (χ2v) is 13.3. The summed E-state index contributed by atoms with van der Waals surface area (Å²) in [6.07, 6.45) is -2.15. The van der Waals surface area contributed by atoms with Crippen LogP contribution in [0.4, 0.5) is 29.1 Å². The van der Waals surface area contributed by atoms with Gasteiger partial charge in [-0.1, -0.05) is 49.4 Å². The second-order valence-electron chi connectivity index (χ2n) is 11.6. The number of para-hydroxylation sites is 1. The number of aromatic nitrogens is 1. The highest BCUT2D eigenvalue weighted by Crippen LogP contribution is 2.34. The lowest BCUT2D eigenvalue weighted by Gasteiger charge is -2.33. The first-order valence-electron chi connectivity index (χ1n) is 15.0. The molecule has 1 aromatic heterocycles. The summed E-state index contributed by atoms with van der Waals surface area (Å²) in [6, 6.07) is 21.7. The standard InChI is InChI=1S/C34H34F4N4O4S/c1-22-16-18-42(19-17-22)32-25(11-15-30(40-32)34(36,37)38)21-39-33(43)31(24-10-14-29(28(35)20-24)41-47(2,44)45)23-8-12-27(13-9-23)46-26-6-4-3-5-7-26/h3-15,20,22,31,41H,16-19,21H2,1-2H3,(H,39,43). The second kappa shape index (κ2) is 14.0. The molecule has 1 aliphatic heterocycles. The number of anilines is 2. The molecular formula is C34H34F4N4O4S. The number of nitrogens with zero attached hydrogens (tertiary/aromatic N) is 2. The Morgan fingerprint density at radius 1 is 0.957 bits per heavy atom. The molecule has 4 aromatic rings. The van der Waals surface area contributed by atoms with Crippen molar-refractivity contribution in [2.75, 3.05) is 29.0 Å². The van der Waals surface area contributed by atoms with Crippen LogP contribution in [0, 0.1) is 11.7 Å². The third kappa shape index (κ3) is 8.79. The number of nitrogens with one attached hydrogen (secondary N) is 2. The predicted molar refractivity (Wildman–Crippen MR) is 171 cm³/mol. The van der Waals surface area contributed by atoms with Crippen molar-refractivity contribution >= 4 is 27.4 Å². The topological polar surface area (TPSA) is 101 Å². The molecule has 2 heterocycles. The lowest BCUT2D eigenvalue weighted by molar-refractivity contribution is -0.141. The summed E-state index contributed by atoms with van der Waals surface area (Å²) in [5, 5.41) is 2.82. The zero-order chi connectivity index (χ0) is 33.8. The van der Waals surface area contributed by atoms with Crippen molar-refractivity contribution in [3.05, 3.63) is 113 Å². The van der Waals surface area contributed by atoms with Gasteiger partial charge >= 0.3 is 6.18 Å². The van der Waals surface area contributed by atoms with Crippen molar-refractivity contribution in [1.29, 1.82) is 0 Å². The lowest BCUT2D eigenvalue weighted by atomic mass is 9.90. The van der Waals surface area contributed by atoms with Crippen LogP contribution in [0.3, 0.4) is 0 Å². The van der Waals surface area contributed by atoms with Gasteiger partial charge in [0.25, 0.3) is 0 Å². The summed E-state index contributed by atoms with van der Waals surface area (Å²) in [5.41, 5.74) is -0.188. The van der Waals surface area contributed by atoms with Gasteiger partial charge in [0.15, 0.2) is 0 Å². The van der Waals surface area contributed by atoms with Crippen LogP contribution in [0.25, 0.3) is 0 Å². The van der Waals surface area contributed by atoms with Crippen LogP contribution >= 0.6 is 0 Å². The Labute approximate surface area is 270 Å². The summed E-state index contributed by atoms with van der Waals surface area (Å²) < 4.78 is 87.3. The summed E-state index contributed by atoms with van der Waals surface area (Å²) >= 11 is 0. The molecule has 0 radical (unpaired) electrons. The predicted octanol–water partition coefficient (Wildman–Crippen LogP) is 7.09. The lowest BCUT2D eigenvalue weighted by Crippen LogP contribution is -2.36. The van der Waals surface area contributed by atoms with Gasteiger partial charge in [0.2, 0.25) is 15.9 Å². The van der Waals surface area contributed by atoms with E-state index >= 15 is 4.39 Å². The number of carbonyl (C=O) groups excluding carboxylic acids is 1. The summed E-state index contributed by atoms with van der Waals surface area (Å²) in [4.78, 5) is 19.6. The van der Waals surface area contributed by atoms with E-state index in [0.29, 0.717) is 41.6 Å². The fourth-order valence-electron chi connectivity index (χ4n) is 5.39. The Bertz CT molecular complexity index is 1810. The van der Waals surface area contributed by atoms with Gasteiger partial charge in [0.05, 0.1) is 17.9 Å². The molecule has 3 aromatic carbocycles. The van der Waals surface area contributed by atoms with Gasteiger partial charge in [-0.2, -0.15) is 13.2 Å². The van der Waals surface area contributed by atoms with E-state index in [1.54, 1.807) is 36.4 Å². The van der Waals surface area contributed by atoms with E-state index in [4.69, 9.17) is 4.74 Å². The largest absolute Gasteiger partial charge is 0.457 e. The van der Waals surface area contributed by atoms with Crippen LogP contribution in [-0.2, 0) is 27.5 Å². The molecule has 1 amide bonds. The number of rotatable bonds is 10. The highest BCUT2D eigenvalue weighted by Gasteiger charge is 2.34. The molecule has 13 heteroatoms. The third-order valence-corrected chi connectivity index (χ3v) is 8.45. The maximum Gasteiger partial charge on any atom is 0.433 e. The molecule has 248 valence electrons. The summed E-state index contributed by atoms with van der Waals surface area (Å²) in [7, 11) is -3.76. The molecule has 0 bridgehead atoms. The molecule has 1 atom stereocenters. The van der Waals surface area contributed by atoms with Crippen LogP contribution < -0.4 is 19.7 Å². The summed E-state index contributed by atoms with van der Waals surface area (Å²) in [6.45, 7) is 3.02. The van der Waals surface area contributed by atoms with E-state index in [9.17, 15) is 26.4 Å². The first-order chi connectivity index (χ1) is 22.3. The van der Waals surface area contributed by atoms with Crippen molar-refractivity contribution in [2.24, 2.45) is 5.92 Å². The number of ether oxygens (including phenoxy) is 1. The number of carbonyl (C=O) groups is 1. The number of amides is 1. The maximum absolute atomic E-state index is 15.1. The molecule has 47 heavy (non-hydrogen) atoms. The molecule has 2 N–H and O–H groups in total. The monoisotopic (exact) mass is 670 g/mol. The molecule has 0 spiro atoms. The van der Waals surface area contributed by atoms with Crippen LogP contribution in [0.15, 0.2) is 84.9 Å². The maximum atomic E-state index is 15.1. The number of halogens is 4. The molecule has 1 saturated heterocycles. The zero-order valence-electron chi connectivity index (χ0n) is 25.7. The Kier molecular flexibility index (Phi) is 10.0. The van der Waals surface area contributed by atoms with Gasteiger partial charge in [0, 0.05) is 25.2 Å². The van der Waals surface area contributed by atoms with Crippen LogP contribution in [0.2, 0.25) is 0 Å². The van der Waals surface area contributed by atoms with Gasteiger partial charge < -0.3 is 15.0 Å². The van der Waals surface area contributed by atoms with E-state index < -0.39 is 39.5 Å². The molecular weight excluding hydrogens is 636 g/mol. The fourth-order valence-corrected chi connectivity index (χ4v) is 5.96. The van der Waals surface area contributed by atoms with Gasteiger partial charge in [-0.05, 0) is 72.4 Å². The Hall–Kier alpha value is -4.65. The minimum atomic E-state index is -4.64. The molecule has 8 nitrogen and oxygen atoms in total. The average molecular weight is 671 g/mol. The van der Waals surface area contributed by atoms with Gasteiger partial charge in [-0.15, -0.1) is 0 Å². The number of benzene rings is 3. The fraction of sp³-hybridized carbons (Fsp3) is 0.294. The van der Waals surface area contributed by atoms with Crippen molar-refractivity contribution in [2.45, 2.75) is 38.4 Å². The SMILES string of the molecule is CC1CCN(c2nc(C(F)(F)F)ccc2CNC(=O)C(c2ccc(Oc3ccccc3)cc2)c2ccc(NS(C)(=O)=O)c(F)c2)CC1. The molecule has 1 fully saturated rings. The molecule has 1 unspecified atom stereocenters. The van der Waals surface area contributed by atoms with Crippen molar-refractivity contribution in [3.63, 3.8) is 0 Å². The van der Waals surface area contributed by atoms with Crippen LogP contribution in [-0.4, -0.2) is 38.7 Å². The van der Waals surface area contributed by atoms with Gasteiger partial charge in [-0.3, -0.25) is 9.52 Å². The number of piperidine rings is 1. The zero-order valence-corrected chi connectivity index (χ0v) is 26.5. The highest BCUT2D eigenvalue weighted by atomic mass is 32.2. The first kappa shape index (κ1) is 33.7. The minimum Gasteiger partial charge on any atom is -0.457 e. The quantitative estimate of drug-likeness (QED) is 0.175. The van der Waals surface area contributed by atoms with E-state index in [-0.39, 0.29) is 23.6 Å². The van der Waals surface area contributed by atoms with Crippen molar-refractivity contribution in [3.8, 4) is 11.5 Å². The Morgan fingerprint density at radius 2 is 1.60 bits per heavy atom. The van der Waals surface area contributed by atoms with E-state index in [0.717, 1.165) is 31.2 Å². The smallest absolute Gasteiger partial charge is 0.433 e. The third-order valence-electron chi connectivity index (χ3n) is 7.86. The molecule has 5 rings (SSSR count). The van der Waals surface area contributed by atoms with E-state index in [1.165, 1.54) is 18.2 Å². The van der Waals surface area contributed by atoms with Crippen molar-refractivity contribution in [1.82, 2.24) is 10.3 Å². The number of pyridine rings is 1. The normalized spacial score (nSPS) is 14.8. The Balaban J connectivity index is 1.45. The summed E-state index contributed by atoms with van der Waals surface area (Å²) in [5.74, 6) is -0.808. The molecule has 1 aliphatic rings. The highest BCUT2D eigenvalue weighted by molar-refractivity contribution is 7.92. The minimum absolute atomic E-state index is 0.132. The van der Waals surface area contributed by atoms with Gasteiger partial charge in [-0.25, -0.2) is 17.8 Å². The van der Waals surface area contributed by atoms with Crippen LogP contribution in [0.5, 0.6) is 11.5 Å². The first-order valence-corrected chi connectivity index (χ1v) is 16.9. The number of hydrogen-bond donors (Lipinski definition) is 2. The average Bonchev–Trinajstić information content (AvgIpc) is 3.02. The number of hydrogen-bond acceptors (Lipinski definition) is 6. The van der Waals surface area contributed by atoms with E-state index in [2.05, 4.69) is 21.9 Å². The number of sulfonamides is 1.